The number of piperidine rings is 1. The fraction of sp³-hybridized carbons (Fsp3) is 0.542. The fourth-order valence-corrected chi connectivity index (χ4v) is 4.10. The molecule has 2 aliphatic rings. The Morgan fingerprint density at radius 1 is 1.23 bits per heavy atom. The number of rotatable bonds is 9. The van der Waals surface area contributed by atoms with E-state index in [0.29, 0.717) is 6.04 Å². The van der Waals surface area contributed by atoms with Crippen LogP contribution in [-0.2, 0) is 9.53 Å². The minimum atomic E-state index is 0.155. The first-order valence-corrected chi connectivity index (χ1v) is 11.2. The van der Waals surface area contributed by atoms with Crippen LogP contribution in [0.1, 0.15) is 51.5 Å². The average molecular weight is 414 g/mol. The zero-order chi connectivity index (χ0) is 21.3. The highest BCUT2D eigenvalue weighted by Gasteiger charge is 2.23. The summed E-state index contributed by atoms with van der Waals surface area (Å²) in [6, 6.07) is 7.42. The SMILES string of the molecule is CCC(CC)C(=O)NC1CCN(CCCN2C=COC(c3cccc(O)c3)=C2)CC1. The van der Waals surface area contributed by atoms with Gasteiger partial charge in [-0.3, -0.25) is 4.79 Å². The lowest BCUT2D eigenvalue weighted by Gasteiger charge is -2.33. The molecule has 1 amide bonds. The first-order chi connectivity index (χ1) is 14.6. The first-order valence-electron chi connectivity index (χ1n) is 11.2. The number of hydrogen-bond donors (Lipinski definition) is 2. The molecule has 6 heteroatoms. The maximum absolute atomic E-state index is 12.3. The van der Waals surface area contributed by atoms with E-state index in [2.05, 4.69) is 29.0 Å². The molecule has 0 atom stereocenters. The Balaban J connectivity index is 1.38. The number of phenolic OH excluding ortho intramolecular Hbond substituents is 1. The summed E-state index contributed by atoms with van der Waals surface area (Å²) in [4.78, 5) is 16.9. The molecule has 1 saturated heterocycles. The zero-order valence-electron chi connectivity index (χ0n) is 18.2. The highest BCUT2D eigenvalue weighted by molar-refractivity contribution is 5.78. The Hall–Kier alpha value is -2.47. The van der Waals surface area contributed by atoms with E-state index in [1.807, 2.05) is 24.5 Å². The van der Waals surface area contributed by atoms with Gasteiger partial charge in [-0.25, -0.2) is 0 Å². The van der Waals surface area contributed by atoms with E-state index in [0.717, 1.165) is 69.6 Å². The Bertz CT molecular complexity index is 750. The second-order valence-electron chi connectivity index (χ2n) is 8.18. The van der Waals surface area contributed by atoms with Gasteiger partial charge in [0.15, 0.2) is 0 Å². The largest absolute Gasteiger partial charge is 0.508 e. The highest BCUT2D eigenvalue weighted by Crippen LogP contribution is 2.24. The number of nitrogens with zero attached hydrogens (tertiary/aromatic N) is 2. The second kappa shape index (κ2) is 11.1. The number of nitrogens with one attached hydrogen (secondary N) is 1. The van der Waals surface area contributed by atoms with Gasteiger partial charge >= 0.3 is 0 Å². The van der Waals surface area contributed by atoms with E-state index >= 15 is 0 Å². The van der Waals surface area contributed by atoms with Crippen LogP contribution in [0.5, 0.6) is 5.75 Å². The summed E-state index contributed by atoms with van der Waals surface area (Å²) in [6.45, 7) is 8.21. The molecule has 0 aromatic heterocycles. The van der Waals surface area contributed by atoms with Crippen molar-refractivity contribution in [2.75, 3.05) is 26.2 Å². The van der Waals surface area contributed by atoms with Crippen LogP contribution >= 0.6 is 0 Å². The Morgan fingerprint density at radius 3 is 2.70 bits per heavy atom. The van der Waals surface area contributed by atoms with Gasteiger partial charge < -0.3 is 25.0 Å². The molecule has 0 unspecified atom stereocenters. The van der Waals surface area contributed by atoms with Crippen molar-refractivity contribution in [1.82, 2.24) is 15.1 Å². The monoisotopic (exact) mass is 413 g/mol. The van der Waals surface area contributed by atoms with Crippen LogP contribution in [0.25, 0.3) is 5.76 Å². The molecule has 2 heterocycles. The highest BCUT2D eigenvalue weighted by atomic mass is 16.5. The third-order valence-electron chi connectivity index (χ3n) is 6.04. The van der Waals surface area contributed by atoms with Crippen molar-refractivity contribution in [3.05, 3.63) is 48.5 Å². The van der Waals surface area contributed by atoms with E-state index in [9.17, 15) is 9.90 Å². The number of hydrogen-bond acceptors (Lipinski definition) is 5. The summed E-state index contributed by atoms with van der Waals surface area (Å²) in [6.07, 6.45) is 10.6. The normalized spacial score (nSPS) is 17.7. The third-order valence-corrected chi connectivity index (χ3v) is 6.04. The van der Waals surface area contributed by atoms with Crippen LogP contribution in [0.2, 0.25) is 0 Å². The molecule has 164 valence electrons. The number of carbonyl (C=O) groups is 1. The standard InChI is InChI=1S/C24H35N3O3/c1-3-19(4-2)24(29)25-21-9-13-26(14-10-21)11-6-12-27-15-16-30-23(18-27)20-7-5-8-22(28)17-20/h5,7-8,15-19,21,28H,3-4,6,9-14H2,1-2H3,(H,25,29). The molecule has 0 bridgehead atoms. The van der Waals surface area contributed by atoms with Crippen molar-refractivity contribution >= 4 is 11.7 Å². The Morgan fingerprint density at radius 2 is 2.00 bits per heavy atom. The van der Waals surface area contributed by atoms with Crippen LogP contribution < -0.4 is 5.32 Å². The fourth-order valence-electron chi connectivity index (χ4n) is 4.10. The maximum atomic E-state index is 12.3. The lowest BCUT2D eigenvalue weighted by molar-refractivity contribution is -0.126. The van der Waals surface area contributed by atoms with Gasteiger partial charge in [0.25, 0.3) is 0 Å². The lowest BCUT2D eigenvalue weighted by Crippen LogP contribution is -2.46. The van der Waals surface area contributed by atoms with Crippen molar-refractivity contribution in [2.45, 2.75) is 52.0 Å². The smallest absolute Gasteiger partial charge is 0.223 e. The molecular weight excluding hydrogens is 378 g/mol. The number of aromatic hydroxyl groups is 1. The van der Waals surface area contributed by atoms with Crippen LogP contribution in [0.15, 0.2) is 42.9 Å². The number of likely N-dealkylation sites (tertiary alicyclic amines) is 1. The van der Waals surface area contributed by atoms with E-state index in [1.165, 1.54) is 0 Å². The summed E-state index contributed by atoms with van der Waals surface area (Å²) in [5.74, 6) is 1.36. The predicted molar refractivity (Wildman–Crippen MR) is 119 cm³/mol. The summed E-state index contributed by atoms with van der Waals surface area (Å²) >= 11 is 0. The van der Waals surface area contributed by atoms with Gasteiger partial charge in [-0.05, 0) is 50.8 Å². The van der Waals surface area contributed by atoms with Crippen molar-refractivity contribution in [3.8, 4) is 5.75 Å². The van der Waals surface area contributed by atoms with Crippen LogP contribution in [0.3, 0.4) is 0 Å². The maximum Gasteiger partial charge on any atom is 0.223 e. The summed E-state index contributed by atoms with van der Waals surface area (Å²) < 4.78 is 5.60. The van der Waals surface area contributed by atoms with Crippen molar-refractivity contribution < 1.29 is 14.6 Å². The molecular formula is C24H35N3O3. The molecule has 1 aromatic rings. The lowest BCUT2D eigenvalue weighted by atomic mass is 9.99. The third kappa shape index (κ3) is 6.26. The molecule has 1 aromatic carbocycles. The van der Waals surface area contributed by atoms with Gasteiger partial charge in [0.05, 0.1) is 0 Å². The number of carbonyl (C=O) groups excluding carboxylic acids is 1. The Labute approximate surface area is 180 Å². The van der Waals surface area contributed by atoms with Gasteiger partial charge in [-0.1, -0.05) is 26.0 Å². The summed E-state index contributed by atoms with van der Waals surface area (Å²) in [7, 11) is 0. The number of ether oxygens (including phenoxy) is 1. The zero-order valence-corrected chi connectivity index (χ0v) is 18.2. The molecule has 3 rings (SSSR count). The molecule has 0 spiro atoms. The molecule has 0 radical (unpaired) electrons. The van der Waals surface area contributed by atoms with E-state index in [1.54, 1.807) is 18.4 Å². The number of amides is 1. The first kappa shape index (κ1) is 22.2. The topological polar surface area (TPSA) is 65.0 Å². The van der Waals surface area contributed by atoms with Crippen molar-refractivity contribution in [3.63, 3.8) is 0 Å². The van der Waals surface area contributed by atoms with E-state index in [4.69, 9.17) is 4.74 Å². The molecule has 2 aliphatic heterocycles. The van der Waals surface area contributed by atoms with E-state index in [-0.39, 0.29) is 17.6 Å². The van der Waals surface area contributed by atoms with Gasteiger partial charge in [0, 0.05) is 49.6 Å². The van der Waals surface area contributed by atoms with Gasteiger partial charge in [0.2, 0.25) is 5.91 Å². The van der Waals surface area contributed by atoms with Gasteiger partial charge in [-0.2, -0.15) is 0 Å². The van der Waals surface area contributed by atoms with Crippen LogP contribution in [0.4, 0.5) is 0 Å². The minimum absolute atomic E-state index is 0.155. The summed E-state index contributed by atoms with van der Waals surface area (Å²) in [5, 5.41) is 12.9. The minimum Gasteiger partial charge on any atom is -0.508 e. The van der Waals surface area contributed by atoms with E-state index < -0.39 is 0 Å². The average Bonchev–Trinajstić information content (AvgIpc) is 2.76. The van der Waals surface area contributed by atoms with Crippen LogP contribution in [0, 0.1) is 5.92 Å². The molecule has 0 saturated carbocycles. The van der Waals surface area contributed by atoms with Crippen molar-refractivity contribution in [1.29, 1.82) is 0 Å². The number of benzene rings is 1. The number of phenols is 1. The van der Waals surface area contributed by atoms with Crippen molar-refractivity contribution in [2.24, 2.45) is 5.92 Å². The molecule has 1 fully saturated rings. The molecule has 6 nitrogen and oxygen atoms in total. The van der Waals surface area contributed by atoms with Gasteiger partial charge in [0.1, 0.15) is 17.8 Å². The second-order valence-corrected chi connectivity index (χ2v) is 8.18. The van der Waals surface area contributed by atoms with Crippen LogP contribution in [-0.4, -0.2) is 53.0 Å². The molecule has 0 aliphatic carbocycles. The molecule has 2 N–H and O–H groups in total. The van der Waals surface area contributed by atoms with Gasteiger partial charge in [-0.15, -0.1) is 0 Å². The summed E-state index contributed by atoms with van der Waals surface area (Å²) in [5.41, 5.74) is 0.863. The predicted octanol–water partition coefficient (Wildman–Crippen LogP) is 3.90. The Kier molecular flexibility index (Phi) is 8.20. The molecule has 30 heavy (non-hydrogen) atoms. The quantitative estimate of drug-likeness (QED) is 0.643.